The van der Waals surface area contributed by atoms with Crippen molar-refractivity contribution in [1.82, 2.24) is 4.57 Å². The molecule has 0 saturated carbocycles. The van der Waals surface area contributed by atoms with Crippen molar-refractivity contribution in [3.63, 3.8) is 0 Å². The number of anilines is 2. The molecular weight excluding hydrogens is 350 g/mol. The number of hydrogen-bond donors (Lipinski definition) is 2. The van der Waals surface area contributed by atoms with Gasteiger partial charge in [-0.2, -0.15) is 0 Å². The second-order valence-corrected chi connectivity index (χ2v) is 7.14. The molecule has 5 heteroatoms. The van der Waals surface area contributed by atoms with Crippen LogP contribution in [0, 0.1) is 27.7 Å². The summed E-state index contributed by atoms with van der Waals surface area (Å²) in [5.41, 5.74) is 6.82. The summed E-state index contributed by atoms with van der Waals surface area (Å²) in [4.78, 5) is 24.5. The molecular formula is C23H25N3O2. The van der Waals surface area contributed by atoms with E-state index in [-0.39, 0.29) is 11.8 Å². The summed E-state index contributed by atoms with van der Waals surface area (Å²) in [6.45, 7) is 9.36. The zero-order valence-corrected chi connectivity index (χ0v) is 16.9. The molecule has 0 radical (unpaired) electrons. The molecule has 0 spiro atoms. The molecule has 2 aromatic carbocycles. The molecule has 0 aliphatic rings. The number of nitrogens with one attached hydrogen (secondary N) is 2. The first-order valence-corrected chi connectivity index (χ1v) is 9.22. The van der Waals surface area contributed by atoms with E-state index in [0.717, 1.165) is 28.2 Å². The molecule has 2 amide bonds. The van der Waals surface area contributed by atoms with Gasteiger partial charge in [0.25, 0.3) is 5.91 Å². The average Bonchev–Trinajstić information content (AvgIpc) is 2.91. The van der Waals surface area contributed by atoms with Crippen molar-refractivity contribution in [3.8, 4) is 5.69 Å². The number of benzene rings is 2. The predicted octanol–water partition coefficient (Wildman–Crippen LogP) is 4.92. The van der Waals surface area contributed by atoms with Crippen LogP contribution >= 0.6 is 0 Å². The number of nitrogens with zero attached hydrogens (tertiary/aromatic N) is 1. The maximum atomic E-state index is 13.0. The van der Waals surface area contributed by atoms with Gasteiger partial charge in [0.2, 0.25) is 5.91 Å². The van der Waals surface area contributed by atoms with Crippen molar-refractivity contribution >= 4 is 23.2 Å². The van der Waals surface area contributed by atoms with Gasteiger partial charge in [-0.25, -0.2) is 0 Å². The monoisotopic (exact) mass is 375 g/mol. The Hall–Kier alpha value is -3.34. The molecule has 0 aliphatic heterocycles. The van der Waals surface area contributed by atoms with Gasteiger partial charge in [-0.3, -0.25) is 9.59 Å². The third-order valence-electron chi connectivity index (χ3n) is 4.67. The third-order valence-corrected chi connectivity index (χ3v) is 4.67. The first-order valence-electron chi connectivity index (χ1n) is 9.22. The van der Waals surface area contributed by atoms with Gasteiger partial charge in [-0.05, 0) is 69.2 Å². The summed E-state index contributed by atoms with van der Waals surface area (Å²) in [5, 5.41) is 5.71. The Morgan fingerprint density at radius 1 is 0.821 bits per heavy atom. The van der Waals surface area contributed by atoms with Gasteiger partial charge in [-0.1, -0.05) is 18.2 Å². The fourth-order valence-electron chi connectivity index (χ4n) is 3.41. The van der Waals surface area contributed by atoms with E-state index in [1.54, 1.807) is 6.07 Å². The summed E-state index contributed by atoms with van der Waals surface area (Å²) in [6, 6.07) is 15.6. The minimum Gasteiger partial charge on any atom is -0.325 e. The van der Waals surface area contributed by atoms with Crippen molar-refractivity contribution in [2.75, 3.05) is 10.6 Å². The summed E-state index contributed by atoms with van der Waals surface area (Å²) in [6.07, 6.45) is 0. The Labute approximate surface area is 165 Å². The Morgan fingerprint density at radius 3 is 2.21 bits per heavy atom. The molecule has 3 rings (SSSR count). The van der Waals surface area contributed by atoms with E-state index < -0.39 is 0 Å². The maximum Gasteiger partial charge on any atom is 0.257 e. The van der Waals surface area contributed by atoms with Crippen molar-refractivity contribution in [2.24, 2.45) is 0 Å². The van der Waals surface area contributed by atoms with E-state index in [1.807, 2.05) is 64.1 Å². The van der Waals surface area contributed by atoms with E-state index in [2.05, 4.69) is 21.3 Å². The van der Waals surface area contributed by atoms with E-state index in [1.165, 1.54) is 6.92 Å². The average molecular weight is 375 g/mol. The molecule has 28 heavy (non-hydrogen) atoms. The van der Waals surface area contributed by atoms with E-state index in [0.29, 0.717) is 16.9 Å². The lowest BCUT2D eigenvalue weighted by molar-refractivity contribution is -0.114. The second-order valence-electron chi connectivity index (χ2n) is 7.14. The molecule has 0 unspecified atom stereocenters. The Balaban J connectivity index is 1.96. The van der Waals surface area contributed by atoms with Crippen LogP contribution in [0.3, 0.4) is 0 Å². The van der Waals surface area contributed by atoms with Gasteiger partial charge in [0, 0.05) is 24.0 Å². The van der Waals surface area contributed by atoms with Gasteiger partial charge in [0.15, 0.2) is 0 Å². The first-order chi connectivity index (χ1) is 13.3. The maximum absolute atomic E-state index is 13.0. The normalized spacial score (nSPS) is 10.6. The highest BCUT2D eigenvalue weighted by Crippen LogP contribution is 2.26. The van der Waals surface area contributed by atoms with Crippen LogP contribution in [0.4, 0.5) is 11.4 Å². The fraction of sp³-hybridized carbons (Fsp3) is 0.217. The highest BCUT2D eigenvalue weighted by atomic mass is 16.2. The van der Waals surface area contributed by atoms with E-state index >= 15 is 0 Å². The van der Waals surface area contributed by atoms with Crippen LogP contribution in [0.15, 0.2) is 48.5 Å². The molecule has 0 atom stereocenters. The number of carbonyl (C=O) groups excluding carboxylic acids is 2. The molecule has 0 aliphatic carbocycles. The highest BCUT2D eigenvalue weighted by molar-refractivity contribution is 6.08. The van der Waals surface area contributed by atoms with Crippen LogP contribution in [-0.4, -0.2) is 16.4 Å². The SMILES string of the molecule is CC(=O)Nc1ccc(C)cc1NC(=O)c1cc(C)n(-c2cccc(C)c2)c1C. The Kier molecular flexibility index (Phi) is 5.36. The first kappa shape index (κ1) is 19.4. The van der Waals surface area contributed by atoms with E-state index in [9.17, 15) is 9.59 Å². The van der Waals surface area contributed by atoms with Crippen LogP contribution < -0.4 is 10.6 Å². The fourth-order valence-corrected chi connectivity index (χ4v) is 3.41. The molecule has 1 aromatic heterocycles. The number of hydrogen-bond acceptors (Lipinski definition) is 2. The summed E-state index contributed by atoms with van der Waals surface area (Å²) in [7, 11) is 0. The standard InChI is InChI=1S/C23H25N3O2/c1-14-7-6-8-19(11-14)26-16(3)13-20(17(26)4)23(28)25-22-12-15(2)9-10-21(22)24-18(5)27/h6-13H,1-5H3,(H,24,27)(H,25,28). The number of rotatable bonds is 4. The van der Waals surface area contributed by atoms with Gasteiger partial charge in [0.1, 0.15) is 0 Å². The smallest absolute Gasteiger partial charge is 0.257 e. The zero-order chi connectivity index (χ0) is 20.4. The van der Waals surface area contributed by atoms with Crippen molar-refractivity contribution < 1.29 is 9.59 Å². The van der Waals surface area contributed by atoms with E-state index in [4.69, 9.17) is 0 Å². The number of carbonyl (C=O) groups is 2. The molecule has 0 bridgehead atoms. The largest absolute Gasteiger partial charge is 0.325 e. The van der Waals surface area contributed by atoms with Crippen LogP contribution in [0.2, 0.25) is 0 Å². The topological polar surface area (TPSA) is 63.1 Å². The minimum atomic E-state index is -0.204. The number of amides is 2. The molecule has 3 aromatic rings. The molecule has 1 heterocycles. The van der Waals surface area contributed by atoms with Crippen LogP contribution in [-0.2, 0) is 4.79 Å². The lowest BCUT2D eigenvalue weighted by atomic mass is 10.1. The molecule has 5 nitrogen and oxygen atoms in total. The van der Waals surface area contributed by atoms with Crippen molar-refractivity contribution in [1.29, 1.82) is 0 Å². The van der Waals surface area contributed by atoms with Crippen molar-refractivity contribution in [3.05, 3.63) is 76.6 Å². The van der Waals surface area contributed by atoms with Crippen LogP contribution in [0.1, 0.15) is 39.8 Å². The highest BCUT2D eigenvalue weighted by Gasteiger charge is 2.18. The summed E-state index contributed by atoms with van der Waals surface area (Å²) in [5.74, 6) is -0.388. The lowest BCUT2D eigenvalue weighted by Crippen LogP contribution is -2.16. The van der Waals surface area contributed by atoms with Gasteiger partial charge in [-0.15, -0.1) is 0 Å². The summed E-state index contributed by atoms with van der Waals surface area (Å²) >= 11 is 0. The molecule has 2 N–H and O–H groups in total. The third kappa shape index (κ3) is 3.98. The second kappa shape index (κ2) is 7.72. The van der Waals surface area contributed by atoms with Crippen LogP contribution in [0.25, 0.3) is 5.69 Å². The van der Waals surface area contributed by atoms with Crippen LogP contribution in [0.5, 0.6) is 0 Å². The minimum absolute atomic E-state index is 0.183. The predicted molar refractivity (Wildman–Crippen MR) is 113 cm³/mol. The molecule has 144 valence electrons. The Morgan fingerprint density at radius 2 is 1.54 bits per heavy atom. The Bertz CT molecular complexity index is 1060. The number of aryl methyl sites for hydroxylation is 3. The summed E-state index contributed by atoms with van der Waals surface area (Å²) < 4.78 is 2.08. The lowest BCUT2D eigenvalue weighted by Gasteiger charge is -2.13. The molecule has 0 fully saturated rings. The zero-order valence-electron chi connectivity index (χ0n) is 16.9. The quantitative estimate of drug-likeness (QED) is 0.680. The number of aromatic nitrogens is 1. The van der Waals surface area contributed by atoms with Gasteiger partial charge in [0.05, 0.1) is 16.9 Å². The van der Waals surface area contributed by atoms with Gasteiger partial charge < -0.3 is 15.2 Å². The van der Waals surface area contributed by atoms with Gasteiger partial charge >= 0.3 is 0 Å². The van der Waals surface area contributed by atoms with Crippen molar-refractivity contribution in [2.45, 2.75) is 34.6 Å². The molecule has 0 saturated heterocycles.